The molecule has 1 heterocycles. The Labute approximate surface area is 126 Å². The van der Waals surface area contributed by atoms with Gasteiger partial charge in [0.1, 0.15) is 0 Å². The van der Waals surface area contributed by atoms with Gasteiger partial charge in [0.15, 0.2) is 0 Å². The largest absolute Gasteiger partial charge is 0.462 e. The van der Waals surface area contributed by atoms with Crippen LogP contribution in [-0.2, 0) is 23.0 Å². The lowest BCUT2D eigenvalue weighted by Gasteiger charge is -2.03. The number of aromatic nitrogens is 2. The number of benzene rings is 1. The first-order valence-corrected chi connectivity index (χ1v) is 7.68. The first-order chi connectivity index (χ1) is 9.72. The number of aryl methyl sites for hydroxylation is 2. The molecule has 0 aliphatic rings. The van der Waals surface area contributed by atoms with Crippen molar-refractivity contribution in [2.75, 3.05) is 6.61 Å². The molecular weight excluding hydrogens is 320 g/mol. The number of esters is 1. The molecule has 20 heavy (non-hydrogen) atoms. The summed E-state index contributed by atoms with van der Waals surface area (Å²) in [4.78, 5) is 11.5. The minimum atomic E-state index is -0.319. The molecule has 2 rings (SSSR count). The highest BCUT2D eigenvalue weighted by Gasteiger charge is 2.08. The van der Waals surface area contributed by atoms with Crippen LogP contribution < -0.4 is 0 Å². The number of ether oxygens (including phenoxy) is 1. The van der Waals surface area contributed by atoms with Gasteiger partial charge in [0.2, 0.25) is 0 Å². The minimum absolute atomic E-state index is 0.319. The summed E-state index contributed by atoms with van der Waals surface area (Å²) < 4.78 is 6.70. The normalized spacial score (nSPS) is 10.5. The monoisotopic (exact) mass is 336 g/mol. The Bertz CT molecular complexity index is 564. The number of carbonyl (C=O) groups excluding carboxylic acids is 1. The van der Waals surface area contributed by atoms with Gasteiger partial charge in [-0.15, -0.1) is 0 Å². The second-order valence-corrected chi connectivity index (χ2v) is 4.97. The second kappa shape index (κ2) is 7.24. The molecule has 0 radical (unpaired) electrons. The van der Waals surface area contributed by atoms with E-state index in [4.69, 9.17) is 4.74 Å². The van der Waals surface area contributed by atoms with Crippen molar-refractivity contribution in [3.05, 3.63) is 53.3 Å². The quantitative estimate of drug-likeness (QED) is 0.601. The molecule has 0 atom stereocenters. The predicted molar refractivity (Wildman–Crippen MR) is 81.0 cm³/mol. The fraction of sp³-hybridized carbons (Fsp3) is 0.333. The van der Waals surface area contributed by atoms with Crippen LogP contribution in [-0.4, -0.2) is 22.4 Å². The highest BCUT2D eigenvalue weighted by molar-refractivity contribution is 9.08. The van der Waals surface area contributed by atoms with Gasteiger partial charge in [-0.25, -0.2) is 4.79 Å². The Hall–Kier alpha value is -1.62. The molecule has 4 nitrogen and oxygen atoms in total. The molecule has 2 aromatic rings. The predicted octanol–water partition coefficient (Wildman–Crippen LogP) is 3.20. The average Bonchev–Trinajstić information content (AvgIpc) is 2.95. The van der Waals surface area contributed by atoms with Gasteiger partial charge in [-0.1, -0.05) is 40.2 Å². The fourth-order valence-corrected chi connectivity index (χ4v) is 2.22. The lowest BCUT2D eigenvalue weighted by molar-refractivity contribution is 0.0526. The zero-order valence-electron chi connectivity index (χ0n) is 11.4. The number of halogens is 1. The third kappa shape index (κ3) is 3.93. The fourth-order valence-electron chi connectivity index (χ4n) is 1.84. The summed E-state index contributed by atoms with van der Waals surface area (Å²) in [5.74, 6) is -0.319. The highest BCUT2D eigenvalue weighted by atomic mass is 79.9. The maximum atomic E-state index is 11.5. The molecule has 0 spiro atoms. The zero-order chi connectivity index (χ0) is 14.4. The van der Waals surface area contributed by atoms with E-state index in [0.29, 0.717) is 12.2 Å². The van der Waals surface area contributed by atoms with Crippen LogP contribution in [0.3, 0.4) is 0 Å². The summed E-state index contributed by atoms with van der Waals surface area (Å²) in [6, 6.07) is 8.45. The number of hydrogen-bond donors (Lipinski definition) is 0. The number of hydrogen-bond acceptors (Lipinski definition) is 3. The van der Waals surface area contributed by atoms with E-state index in [1.807, 2.05) is 0 Å². The van der Waals surface area contributed by atoms with Crippen LogP contribution in [0.5, 0.6) is 0 Å². The second-order valence-electron chi connectivity index (χ2n) is 4.41. The first kappa shape index (κ1) is 14.8. The van der Waals surface area contributed by atoms with Gasteiger partial charge in [-0.2, -0.15) is 5.10 Å². The number of nitrogens with zero attached hydrogens (tertiary/aromatic N) is 2. The molecule has 0 saturated carbocycles. The summed E-state index contributed by atoms with van der Waals surface area (Å²) in [5, 5.41) is 5.05. The Kier molecular flexibility index (Phi) is 5.35. The van der Waals surface area contributed by atoms with E-state index in [0.717, 1.165) is 18.3 Å². The lowest BCUT2D eigenvalue weighted by atomic mass is 10.1. The molecule has 0 saturated heterocycles. The van der Waals surface area contributed by atoms with Crippen molar-refractivity contribution in [2.45, 2.75) is 25.2 Å². The average molecular weight is 337 g/mol. The molecule has 0 aliphatic carbocycles. The SMILES string of the molecule is CCOC(=O)c1cnn(CCc2ccc(CBr)cc2)c1. The van der Waals surface area contributed by atoms with Crippen molar-refractivity contribution in [1.29, 1.82) is 0 Å². The van der Waals surface area contributed by atoms with Crippen LogP contribution in [0.1, 0.15) is 28.4 Å². The third-order valence-electron chi connectivity index (χ3n) is 2.95. The van der Waals surface area contributed by atoms with E-state index >= 15 is 0 Å². The first-order valence-electron chi connectivity index (χ1n) is 6.56. The number of carbonyl (C=O) groups is 1. The van der Waals surface area contributed by atoms with E-state index in [1.165, 1.54) is 11.1 Å². The van der Waals surface area contributed by atoms with Crippen molar-refractivity contribution in [2.24, 2.45) is 0 Å². The summed E-state index contributed by atoms with van der Waals surface area (Å²) in [5.41, 5.74) is 3.02. The summed E-state index contributed by atoms with van der Waals surface area (Å²) in [7, 11) is 0. The van der Waals surface area contributed by atoms with Crippen LogP contribution in [0.15, 0.2) is 36.7 Å². The van der Waals surface area contributed by atoms with Gasteiger partial charge in [0.25, 0.3) is 0 Å². The van der Waals surface area contributed by atoms with Gasteiger partial charge in [0, 0.05) is 18.1 Å². The van der Waals surface area contributed by atoms with Gasteiger partial charge >= 0.3 is 5.97 Å². The van der Waals surface area contributed by atoms with Crippen molar-refractivity contribution >= 4 is 21.9 Å². The van der Waals surface area contributed by atoms with E-state index < -0.39 is 0 Å². The molecule has 0 fully saturated rings. The topological polar surface area (TPSA) is 44.1 Å². The van der Waals surface area contributed by atoms with Crippen LogP contribution in [0.4, 0.5) is 0 Å². The Balaban J connectivity index is 1.91. The smallest absolute Gasteiger partial charge is 0.341 e. The van der Waals surface area contributed by atoms with E-state index in [-0.39, 0.29) is 5.97 Å². The van der Waals surface area contributed by atoms with Gasteiger partial charge in [-0.05, 0) is 24.5 Å². The van der Waals surface area contributed by atoms with Gasteiger partial charge in [0.05, 0.1) is 18.4 Å². The molecule has 0 unspecified atom stereocenters. The standard InChI is InChI=1S/C15H17BrN2O2/c1-2-20-15(19)14-10-17-18(11-14)8-7-12-3-5-13(9-16)6-4-12/h3-6,10-11H,2,7-9H2,1H3. The Morgan fingerprint density at radius 2 is 2.00 bits per heavy atom. The van der Waals surface area contributed by atoms with Crippen LogP contribution in [0.2, 0.25) is 0 Å². The molecule has 0 N–H and O–H groups in total. The van der Waals surface area contributed by atoms with Gasteiger partial charge in [-0.3, -0.25) is 4.68 Å². The van der Waals surface area contributed by atoms with Crippen molar-refractivity contribution in [3.8, 4) is 0 Å². The number of rotatable bonds is 6. The molecular formula is C15H17BrN2O2. The van der Waals surface area contributed by atoms with E-state index in [2.05, 4.69) is 45.3 Å². The minimum Gasteiger partial charge on any atom is -0.462 e. The molecule has 1 aromatic carbocycles. The van der Waals surface area contributed by atoms with E-state index in [9.17, 15) is 4.79 Å². The highest BCUT2D eigenvalue weighted by Crippen LogP contribution is 2.09. The van der Waals surface area contributed by atoms with Crippen molar-refractivity contribution in [1.82, 2.24) is 9.78 Å². The number of alkyl halides is 1. The molecule has 0 bridgehead atoms. The maximum absolute atomic E-state index is 11.5. The van der Waals surface area contributed by atoms with Crippen LogP contribution >= 0.6 is 15.9 Å². The lowest BCUT2D eigenvalue weighted by Crippen LogP contribution is -2.04. The van der Waals surface area contributed by atoms with Crippen molar-refractivity contribution < 1.29 is 9.53 Å². The molecule has 1 aromatic heterocycles. The van der Waals surface area contributed by atoms with E-state index in [1.54, 1.807) is 24.0 Å². The summed E-state index contributed by atoms with van der Waals surface area (Å²) >= 11 is 3.43. The molecule has 0 aliphatic heterocycles. The molecule has 106 valence electrons. The maximum Gasteiger partial charge on any atom is 0.341 e. The zero-order valence-corrected chi connectivity index (χ0v) is 13.0. The molecule has 0 amide bonds. The Morgan fingerprint density at radius 1 is 1.30 bits per heavy atom. The van der Waals surface area contributed by atoms with Crippen LogP contribution in [0.25, 0.3) is 0 Å². The molecule has 5 heteroatoms. The third-order valence-corrected chi connectivity index (χ3v) is 3.60. The summed E-state index contributed by atoms with van der Waals surface area (Å²) in [6.07, 6.45) is 4.16. The van der Waals surface area contributed by atoms with Crippen molar-refractivity contribution in [3.63, 3.8) is 0 Å². The van der Waals surface area contributed by atoms with Crippen LogP contribution in [0, 0.1) is 0 Å². The summed E-state index contributed by atoms with van der Waals surface area (Å²) in [6.45, 7) is 2.91. The Morgan fingerprint density at radius 3 is 2.65 bits per heavy atom. The van der Waals surface area contributed by atoms with Gasteiger partial charge < -0.3 is 4.74 Å².